The summed E-state index contributed by atoms with van der Waals surface area (Å²) in [5.74, 6) is -0.508. The molecule has 0 N–H and O–H groups in total. The Morgan fingerprint density at radius 1 is 1.14 bits per heavy atom. The monoisotopic (exact) mass is 383 g/mol. The van der Waals surface area contributed by atoms with Gasteiger partial charge >= 0.3 is 12.0 Å². The summed E-state index contributed by atoms with van der Waals surface area (Å²) in [5.41, 5.74) is 2.76. The van der Waals surface area contributed by atoms with Crippen molar-refractivity contribution in [2.24, 2.45) is 4.99 Å². The zero-order valence-electron chi connectivity index (χ0n) is 16.1. The first-order valence-electron chi connectivity index (χ1n) is 8.91. The van der Waals surface area contributed by atoms with Gasteiger partial charge in [-0.1, -0.05) is 18.2 Å². The Labute approximate surface area is 162 Å². The van der Waals surface area contributed by atoms with E-state index in [-0.39, 0.29) is 0 Å². The van der Waals surface area contributed by atoms with Crippen molar-refractivity contribution in [3.05, 3.63) is 41.7 Å². The first-order valence-corrected chi connectivity index (χ1v) is 8.91. The Bertz CT molecular complexity index is 926. The van der Waals surface area contributed by atoms with E-state index in [0.29, 0.717) is 5.96 Å². The molecule has 0 spiro atoms. The maximum atomic E-state index is 13.2. The standard InChI is InChI=1S/C19H21N5O4/c1-11-12(2)24-15-16(20-18(24)23(11)13-8-6-5-7-9-13)21(3)19(27)22(17(15)26)10-14(25)28-4/h5-9,15-16H,10H2,1-4H3. The van der Waals surface area contributed by atoms with Gasteiger partial charge in [-0.2, -0.15) is 0 Å². The van der Waals surface area contributed by atoms with Crippen LogP contribution in [0.4, 0.5) is 10.5 Å². The first-order chi connectivity index (χ1) is 13.4. The number of esters is 1. The van der Waals surface area contributed by atoms with Crippen LogP contribution in [0.1, 0.15) is 13.8 Å². The second-order valence-corrected chi connectivity index (χ2v) is 6.89. The first kappa shape index (κ1) is 18.0. The molecule has 0 saturated carbocycles. The van der Waals surface area contributed by atoms with E-state index in [2.05, 4.69) is 4.74 Å². The molecular weight excluding hydrogens is 362 g/mol. The number of aliphatic imine (C=N–C) groups is 1. The van der Waals surface area contributed by atoms with E-state index in [0.717, 1.165) is 22.0 Å². The maximum absolute atomic E-state index is 13.2. The fourth-order valence-electron chi connectivity index (χ4n) is 3.84. The van der Waals surface area contributed by atoms with Crippen LogP contribution in [0.5, 0.6) is 0 Å². The molecule has 28 heavy (non-hydrogen) atoms. The number of hydrogen-bond donors (Lipinski definition) is 0. The quantitative estimate of drug-likeness (QED) is 0.729. The second kappa shape index (κ2) is 6.36. The molecule has 9 heteroatoms. The maximum Gasteiger partial charge on any atom is 0.328 e. The Morgan fingerprint density at radius 3 is 2.46 bits per heavy atom. The number of allylic oxidation sites excluding steroid dienone is 2. The van der Waals surface area contributed by atoms with Crippen LogP contribution < -0.4 is 4.90 Å². The topological polar surface area (TPSA) is 85.8 Å². The third kappa shape index (κ3) is 2.39. The van der Waals surface area contributed by atoms with Crippen LogP contribution in [0.15, 0.2) is 46.7 Å². The summed E-state index contributed by atoms with van der Waals surface area (Å²) in [6.07, 6.45) is -0.654. The van der Waals surface area contributed by atoms with Crippen molar-refractivity contribution >= 4 is 29.6 Å². The molecule has 3 aliphatic heterocycles. The van der Waals surface area contributed by atoms with Crippen molar-refractivity contribution < 1.29 is 19.1 Å². The van der Waals surface area contributed by atoms with Crippen LogP contribution in [0.3, 0.4) is 0 Å². The third-order valence-electron chi connectivity index (χ3n) is 5.42. The number of amides is 3. The van der Waals surface area contributed by atoms with Gasteiger partial charge in [0.1, 0.15) is 6.54 Å². The molecular formula is C19H21N5O4. The fraction of sp³-hybridized carbons (Fsp3) is 0.368. The number of guanidine groups is 1. The van der Waals surface area contributed by atoms with Gasteiger partial charge in [-0.3, -0.25) is 24.3 Å². The third-order valence-corrected chi connectivity index (χ3v) is 5.42. The molecule has 1 fully saturated rings. The Kier molecular flexibility index (Phi) is 4.10. The SMILES string of the molecule is COC(=O)CN1C(=O)C2C(N=C3N(c4ccccc4)C(C)=C(C)N32)N(C)C1=O. The second-order valence-electron chi connectivity index (χ2n) is 6.89. The number of ether oxygens (including phenoxy) is 1. The van der Waals surface area contributed by atoms with Gasteiger partial charge in [-0.15, -0.1) is 0 Å². The molecule has 3 aliphatic rings. The zero-order valence-corrected chi connectivity index (χ0v) is 16.1. The number of carbonyl (C=O) groups is 3. The Balaban J connectivity index is 1.74. The molecule has 2 unspecified atom stereocenters. The van der Waals surface area contributed by atoms with Crippen LogP contribution in [0, 0.1) is 0 Å². The van der Waals surface area contributed by atoms with Crippen LogP contribution in [0.25, 0.3) is 0 Å². The van der Waals surface area contributed by atoms with Crippen molar-refractivity contribution in [2.45, 2.75) is 26.1 Å². The summed E-state index contributed by atoms with van der Waals surface area (Å²) in [6.45, 7) is 3.46. The van der Waals surface area contributed by atoms with Crippen molar-refractivity contribution in [1.29, 1.82) is 0 Å². The van der Waals surface area contributed by atoms with Gasteiger partial charge in [0, 0.05) is 24.1 Å². The predicted molar refractivity (Wildman–Crippen MR) is 101 cm³/mol. The predicted octanol–water partition coefficient (Wildman–Crippen LogP) is 1.19. The number of fused-ring (bicyclic) bond motifs is 3. The number of nitrogens with zero attached hydrogens (tertiary/aromatic N) is 5. The highest BCUT2D eigenvalue weighted by Crippen LogP contribution is 2.39. The van der Waals surface area contributed by atoms with Gasteiger partial charge in [0.15, 0.2) is 12.2 Å². The number of carbonyl (C=O) groups excluding carboxylic acids is 3. The summed E-state index contributed by atoms with van der Waals surface area (Å²) in [5, 5.41) is 0. The van der Waals surface area contributed by atoms with E-state index in [4.69, 9.17) is 4.99 Å². The molecule has 2 atom stereocenters. The van der Waals surface area contributed by atoms with Gasteiger partial charge in [-0.25, -0.2) is 9.79 Å². The van der Waals surface area contributed by atoms with E-state index in [1.165, 1.54) is 12.0 Å². The lowest BCUT2D eigenvalue weighted by molar-refractivity contribution is -0.148. The number of methoxy groups -OCH3 is 1. The largest absolute Gasteiger partial charge is 0.468 e. The van der Waals surface area contributed by atoms with Gasteiger partial charge in [0.2, 0.25) is 5.96 Å². The molecule has 1 saturated heterocycles. The molecule has 3 amide bonds. The number of benzene rings is 1. The summed E-state index contributed by atoms with van der Waals surface area (Å²) < 4.78 is 4.63. The molecule has 1 aromatic carbocycles. The van der Waals surface area contributed by atoms with Crippen LogP contribution >= 0.6 is 0 Å². The van der Waals surface area contributed by atoms with E-state index < -0.39 is 36.7 Å². The molecule has 0 aliphatic carbocycles. The van der Waals surface area contributed by atoms with Gasteiger partial charge in [-0.05, 0) is 26.0 Å². The molecule has 4 rings (SSSR count). The van der Waals surface area contributed by atoms with Crippen LogP contribution in [-0.2, 0) is 14.3 Å². The van der Waals surface area contributed by atoms with Crippen molar-refractivity contribution in [3.63, 3.8) is 0 Å². The average molecular weight is 383 g/mol. The van der Waals surface area contributed by atoms with Crippen LogP contribution in [0.2, 0.25) is 0 Å². The summed E-state index contributed by atoms with van der Waals surface area (Å²) in [7, 11) is 2.81. The summed E-state index contributed by atoms with van der Waals surface area (Å²) in [4.78, 5) is 48.4. The van der Waals surface area contributed by atoms with Crippen LogP contribution in [-0.4, -0.2) is 71.5 Å². The molecule has 146 valence electrons. The van der Waals surface area contributed by atoms with Gasteiger partial charge in [0.25, 0.3) is 5.91 Å². The highest BCUT2D eigenvalue weighted by molar-refractivity contribution is 6.11. The van der Waals surface area contributed by atoms with E-state index in [1.807, 2.05) is 54.0 Å². The van der Waals surface area contributed by atoms with E-state index >= 15 is 0 Å². The zero-order chi connectivity index (χ0) is 20.2. The number of para-hydroxylation sites is 1. The number of urea groups is 1. The molecule has 0 bridgehead atoms. The Morgan fingerprint density at radius 2 is 1.82 bits per heavy atom. The van der Waals surface area contributed by atoms with E-state index in [9.17, 15) is 14.4 Å². The minimum Gasteiger partial charge on any atom is -0.468 e. The minimum atomic E-state index is -0.717. The molecule has 9 nitrogen and oxygen atoms in total. The summed E-state index contributed by atoms with van der Waals surface area (Å²) in [6, 6.07) is 8.44. The highest BCUT2D eigenvalue weighted by Gasteiger charge is 2.56. The smallest absolute Gasteiger partial charge is 0.328 e. The van der Waals surface area contributed by atoms with Crippen molar-refractivity contribution in [2.75, 3.05) is 25.6 Å². The fourth-order valence-corrected chi connectivity index (χ4v) is 3.84. The lowest BCUT2D eigenvalue weighted by Gasteiger charge is -2.40. The van der Waals surface area contributed by atoms with Crippen molar-refractivity contribution in [1.82, 2.24) is 14.7 Å². The molecule has 3 heterocycles. The van der Waals surface area contributed by atoms with Gasteiger partial charge in [0.05, 0.1) is 7.11 Å². The average Bonchev–Trinajstić information content (AvgIpc) is 3.20. The number of imide groups is 1. The highest BCUT2D eigenvalue weighted by atomic mass is 16.5. The summed E-state index contributed by atoms with van der Waals surface area (Å²) >= 11 is 0. The van der Waals surface area contributed by atoms with Crippen molar-refractivity contribution in [3.8, 4) is 0 Å². The number of likely N-dealkylation sites (N-methyl/N-ethyl adjacent to an activating group) is 1. The lowest BCUT2D eigenvalue weighted by Crippen LogP contribution is -2.65. The van der Waals surface area contributed by atoms with Gasteiger partial charge < -0.3 is 9.64 Å². The lowest BCUT2D eigenvalue weighted by atomic mass is 10.1. The number of rotatable bonds is 3. The molecule has 1 aromatic rings. The molecule has 0 aromatic heterocycles. The number of hydrogen-bond acceptors (Lipinski definition) is 7. The van der Waals surface area contributed by atoms with E-state index in [1.54, 1.807) is 7.05 Å². The number of anilines is 1. The molecule has 0 radical (unpaired) electrons. The Hall–Kier alpha value is -3.36. The minimum absolute atomic E-state index is 0.422. The normalized spacial score (nSPS) is 23.9.